The summed E-state index contributed by atoms with van der Waals surface area (Å²) in [6.45, 7) is 0. The quantitative estimate of drug-likeness (QED) is 0.854. The predicted molar refractivity (Wildman–Crippen MR) is 92.6 cm³/mol. The van der Waals surface area contributed by atoms with Crippen LogP contribution in [0, 0.1) is 11.3 Å². The molecule has 0 aliphatic heterocycles. The first-order valence-electron chi connectivity index (χ1n) is 8.00. The van der Waals surface area contributed by atoms with Crippen molar-refractivity contribution in [3.63, 3.8) is 0 Å². The number of fused-ring (bicyclic) bond motifs is 1. The first-order chi connectivity index (χ1) is 12.1. The van der Waals surface area contributed by atoms with Crippen LogP contribution in [0.1, 0.15) is 39.4 Å². The Morgan fingerprint density at radius 2 is 1.88 bits per heavy atom. The van der Waals surface area contributed by atoms with Gasteiger partial charge < -0.3 is 14.2 Å². The molecular weight excluding hydrogens is 318 g/mol. The average Bonchev–Trinajstić information content (AvgIpc) is 2.66. The Morgan fingerprint density at radius 3 is 2.52 bits per heavy atom. The molecule has 0 heterocycles. The first kappa shape index (κ1) is 16.8. The number of rotatable bonds is 4. The van der Waals surface area contributed by atoms with Gasteiger partial charge in [0, 0.05) is 11.1 Å². The molecule has 25 heavy (non-hydrogen) atoms. The van der Waals surface area contributed by atoms with Crippen molar-refractivity contribution in [3.05, 3.63) is 52.6 Å². The smallest absolute Gasteiger partial charge is 0.170 e. The zero-order chi connectivity index (χ0) is 18.0. The molecular formula is C20H19NO4. The third-order valence-electron chi connectivity index (χ3n) is 4.66. The van der Waals surface area contributed by atoms with Crippen molar-refractivity contribution in [3.8, 4) is 23.3 Å². The Kier molecular flexibility index (Phi) is 4.62. The molecule has 1 unspecified atom stereocenters. The molecule has 2 aromatic rings. The van der Waals surface area contributed by atoms with Crippen LogP contribution in [0.3, 0.4) is 0 Å². The molecule has 0 spiro atoms. The summed E-state index contributed by atoms with van der Waals surface area (Å²) in [5, 5.41) is 9.46. The lowest BCUT2D eigenvalue weighted by Crippen LogP contribution is -2.21. The van der Waals surface area contributed by atoms with Gasteiger partial charge in [0.15, 0.2) is 5.78 Å². The highest BCUT2D eigenvalue weighted by Crippen LogP contribution is 2.41. The number of hydrogen-bond donors (Lipinski definition) is 0. The number of hydrogen-bond acceptors (Lipinski definition) is 5. The molecule has 3 rings (SSSR count). The van der Waals surface area contributed by atoms with Crippen molar-refractivity contribution >= 4 is 5.78 Å². The number of ketones is 1. The van der Waals surface area contributed by atoms with Crippen LogP contribution in [-0.2, 0) is 6.42 Å². The third kappa shape index (κ3) is 2.80. The second-order valence-corrected chi connectivity index (χ2v) is 5.86. The van der Waals surface area contributed by atoms with Crippen LogP contribution in [-0.4, -0.2) is 27.1 Å². The summed E-state index contributed by atoms with van der Waals surface area (Å²) < 4.78 is 15.9. The van der Waals surface area contributed by atoms with Gasteiger partial charge in [-0.15, -0.1) is 0 Å². The molecule has 1 atom stereocenters. The van der Waals surface area contributed by atoms with Gasteiger partial charge in [0.2, 0.25) is 0 Å². The normalized spacial score (nSPS) is 15.9. The Morgan fingerprint density at radius 1 is 1.08 bits per heavy atom. The minimum atomic E-state index is -0.339. The van der Waals surface area contributed by atoms with Crippen LogP contribution < -0.4 is 14.2 Å². The average molecular weight is 337 g/mol. The van der Waals surface area contributed by atoms with Crippen molar-refractivity contribution in [2.24, 2.45) is 0 Å². The van der Waals surface area contributed by atoms with Gasteiger partial charge in [-0.05, 0) is 42.7 Å². The number of nitrogens with zero attached hydrogens (tertiary/aromatic N) is 1. The highest BCUT2D eigenvalue weighted by molar-refractivity contribution is 6.03. The van der Waals surface area contributed by atoms with Gasteiger partial charge in [-0.3, -0.25) is 4.79 Å². The fourth-order valence-electron chi connectivity index (χ4n) is 3.41. The standard InChI is InChI=1S/C20H19NO4/c1-23-13-5-7-14-12(10-13)4-6-15(19(14)22)16-8-9-18(24-2)17(11-21)20(16)25-3/h5,7-10,15H,4,6H2,1-3H3. The fraction of sp³-hybridized carbons (Fsp3) is 0.300. The molecule has 0 fully saturated rings. The van der Waals surface area contributed by atoms with E-state index in [1.165, 1.54) is 14.2 Å². The lowest BCUT2D eigenvalue weighted by atomic mass is 9.78. The van der Waals surface area contributed by atoms with Gasteiger partial charge >= 0.3 is 0 Å². The van der Waals surface area contributed by atoms with E-state index < -0.39 is 0 Å². The second-order valence-electron chi connectivity index (χ2n) is 5.86. The summed E-state index contributed by atoms with van der Waals surface area (Å²) >= 11 is 0. The molecule has 5 nitrogen and oxygen atoms in total. The first-order valence-corrected chi connectivity index (χ1v) is 8.00. The van der Waals surface area contributed by atoms with Crippen molar-refractivity contribution in [1.82, 2.24) is 0 Å². The van der Waals surface area contributed by atoms with E-state index in [-0.39, 0.29) is 11.7 Å². The lowest BCUT2D eigenvalue weighted by Gasteiger charge is -2.26. The highest BCUT2D eigenvalue weighted by Gasteiger charge is 2.32. The Labute approximate surface area is 146 Å². The van der Waals surface area contributed by atoms with Crippen molar-refractivity contribution < 1.29 is 19.0 Å². The minimum absolute atomic E-state index is 0.0382. The van der Waals surface area contributed by atoms with E-state index in [9.17, 15) is 10.1 Å². The summed E-state index contributed by atoms with van der Waals surface area (Å²) in [7, 11) is 4.62. The van der Waals surface area contributed by atoms with E-state index in [1.807, 2.05) is 18.2 Å². The van der Waals surface area contributed by atoms with Crippen LogP contribution in [0.2, 0.25) is 0 Å². The van der Waals surface area contributed by atoms with Gasteiger partial charge in [-0.25, -0.2) is 0 Å². The van der Waals surface area contributed by atoms with Crippen LogP contribution >= 0.6 is 0 Å². The summed E-state index contributed by atoms with van der Waals surface area (Å²) in [6, 6.07) is 11.2. The number of benzene rings is 2. The van der Waals surface area contributed by atoms with Crippen molar-refractivity contribution in [2.45, 2.75) is 18.8 Å². The number of aryl methyl sites for hydroxylation is 1. The predicted octanol–water partition coefficient (Wildman–Crippen LogP) is 3.50. The number of Topliss-reactive ketones (excluding diaryl/α,β-unsaturated/α-hetero) is 1. The molecule has 1 aliphatic carbocycles. The van der Waals surface area contributed by atoms with Crippen molar-refractivity contribution in [1.29, 1.82) is 5.26 Å². The largest absolute Gasteiger partial charge is 0.497 e. The van der Waals surface area contributed by atoms with Gasteiger partial charge in [-0.2, -0.15) is 5.26 Å². The molecule has 0 saturated heterocycles. The monoisotopic (exact) mass is 337 g/mol. The maximum atomic E-state index is 13.0. The number of ether oxygens (including phenoxy) is 3. The van der Waals surface area contributed by atoms with E-state index in [0.717, 1.165) is 23.3 Å². The maximum absolute atomic E-state index is 13.0. The molecule has 0 bridgehead atoms. The molecule has 0 amide bonds. The van der Waals surface area contributed by atoms with Crippen LogP contribution in [0.25, 0.3) is 0 Å². The van der Waals surface area contributed by atoms with Crippen LogP contribution in [0.15, 0.2) is 30.3 Å². The third-order valence-corrected chi connectivity index (χ3v) is 4.66. The summed E-state index contributed by atoms with van der Waals surface area (Å²) in [5.41, 5.74) is 2.74. The maximum Gasteiger partial charge on any atom is 0.170 e. The molecule has 0 radical (unpaired) electrons. The van der Waals surface area contributed by atoms with E-state index in [0.29, 0.717) is 29.0 Å². The van der Waals surface area contributed by atoms with Gasteiger partial charge in [0.1, 0.15) is 28.9 Å². The number of carbonyl (C=O) groups is 1. The number of methoxy groups -OCH3 is 3. The second kappa shape index (κ2) is 6.86. The summed E-state index contributed by atoms with van der Waals surface area (Å²) in [4.78, 5) is 13.0. The molecule has 0 saturated carbocycles. The fourth-order valence-corrected chi connectivity index (χ4v) is 3.41. The highest BCUT2D eigenvalue weighted by atomic mass is 16.5. The van der Waals surface area contributed by atoms with Crippen molar-refractivity contribution in [2.75, 3.05) is 21.3 Å². The minimum Gasteiger partial charge on any atom is -0.497 e. The van der Waals surface area contributed by atoms with E-state index in [1.54, 1.807) is 19.2 Å². The lowest BCUT2D eigenvalue weighted by molar-refractivity contribution is 0.0944. The molecule has 0 aromatic heterocycles. The zero-order valence-electron chi connectivity index (χ0n) is 14.5. The Balaban J connectivity index is 2.06. The zero-order valence-corrected chi connectivity index (χ0v) is 14.5. The van der Waals surface area contributed by atoms with Crippen LogP contribution in [0.5, 0.6) is 17.2 Å². The van der Waals surface area contributed by atoms with E-state index in [2.05, 4.69) is 6.07 Å². The summed E-state index contributed by atoms with van der Waals surface area (Å²) in [5.74, 6) is 1.30. The molecule has 1 aliphatic rings. The van der Waals surface area contributed by atoms with E-state index in [4.69, 9.17) is 14.2 Å². The van der Waals surface area contributed by atoms with Gasteiger partial charge in [0.05, 0.1) is 27.2 Å². The SMILES string of the molecule is COc1ccc2c(c1)CCC(c1ccc(OC)c(C#N)c1OC)C2=O. The number of carbonyl (C=O) groups excluding carboxylic acids is 1. The van der Waals surface area contributed by atoms with Gasteiger partial charge in [-0.1, -0.05) is 6.07 Å². The number of nitriles is 1. The Hall–Kier alpha value is -3.00. The molecule has 5 heteroatoms. The van der Waals surface area contributed by atoms with Gasteiger partial charge in [0.25, 0.3) is 0 Å². The van der Waals surface area contributed by atoms with Crippen LogP contribution in [0.4, 0.5) is 0 Å². The van der Waals surface area contributed by atoms with E-state index >= 15 is 0 Å². The summed E-state index contributed by atoms with van der Waals surface area (Å²) in [6.07, 6.45) is 1.42. The molecule has 128 valence electrons. The molecule has 2 aromatic carbocycles. The molecule has 0 N–H and O–H groups in total. The topological polar surface area (TPSA) is 68.6 Å². The Bertz CT molecular complexity index is 867.